The van der Waals surface area contributed by atoms with E-state index in [1.54, 1.807) is 10.6 Å². The first-order valence-electron chi connectivity index (χ1n) is 9.39. The highest BCUT2D eigenvalue weighted by molar-refractivity contribution is 7.19. The van der Waals surface area contributed by atoms with Gasteiger partial charge >= 0.3 is 0 Å². The number of rotatable bonds is 3. The third-order valence-electron chi connectivity index (χ3n) is 5.53. The first kappa shape index (κ1) is 16.7. The van der Waals surface area contributed by atoms with Crippen LogP contribution in [0.2, 0.25) is 0 Å². The van der Waals surface area contributed by atoms with Gasteiger partial charge in [0.05, 0.1) is 0 Å². The number of benzene rings is 1. The van der Waals surface area contributed by atoms with Crippen molar-refractivity contribution in [2.45, 2.75) is 26.3 Å². The number of thiophene rings is 1. The van der Waals surface area contributed by atoms with Crippen LogP contribution in [-0.4, -0.2) is 27.4 Å². The van der Waals surface area contributed by atoms with E-state index in [0.717, 1.165) is 49.4 Å². The van der Waals surface area contributed by atoms with Crippen molar-refractivity contribution >= 4 is 27.1 Å². The minimum absolute atomic E-state index is 0.0665. The van der Waals surface area contributed by atoms with Crippen molar-refractivity contribution in [3.05, 3.63) is 80.7 Å². The SMILES string of the molecule is Cc1nc2ccccn2c(=O)c1CCN1CCc2sc3ccccc3c2C1. The van der Waals surface area contributed by atoms with Crippen molar-refractivity contribution in [1.82, 2.24) is 14.3 Å². The van der Waals surface area contributed by atoms with E-state index < -0.39 is 0 Å². The molecule has 1 aliphatic rings. The summed E-state index contributed by atoms with van der Waals surface area (Å²) in [6.07, 6.45) is 3.65. The summed E-state index contributed by atoms with van der Waals surface area (Å²) in [6.45, 7) is 4.87. The molecule has 136 valence electrons. The van der Waals surface area contributed by atoms with Gasteiger partial charge in [0.1, 0.15) is 5.65 Å². The van der Waals surface area contributed by atoms with Gasteiger partial charge in [-0.25, -0.2) is 4.98 Å². The summed E-state index contributed by atoms with van der Waals surface area (Å²) in [5.41, 5.74) is 3.95. The van der Waals surface area contributed by atoms with Crippen molar-refractivity contribution in [3.8, 4) is 0 Å². The Morgan fingerprint density at radius 1 is 1.15 bits per heavy atom. The Kier molecular flexibility index (Phi) is 4.06. The predicted molar refractivity (Wildman–Crippen MR) is 111 cm³/mol. The number of fused-ring (bicyclic) bond motifs is 4. The number of pyridine rings is 1. The van der Waals surface area contributed by atoms with Crippen molar-refractivity contribution in [3.63, 3.8) is 0 Å². The molecule has 0 unspecified atom stereocenters. The standard InChI is InChI=1S/C22H21N3OS/c1-15-16(22(26)25-11-5-4-8-21(25)23-15)9-12-24-13-10-20-18(14-24)17-6-2-3-7-19(17)27-20/h2-8,11H,9-10,12-14H2,1H3. The molecule has 0 radical (unpaired) electrons. The van der Waals surface area contributed by atoms with Gasteiger partial charge in [0.25, 0.3) is 5.56 Å². The molecule has 0 bridgehead atoms. The Balaban J connectivity index is 1.40. The van der Waals surface area contributed by atoms with Crippen LogP contribution in [0.15, 0.2) is 53.5 Å². The average Bonchev–Trinajstić information content (AvgIpc) is 3.06. The van der Waals surface area contributed by atoms with E-state index in [1.807, 2.05) is 36.5 Å². The molecule has 27 heavy (non-hydrogen) atoms. The molecule has 0 fully saturated rings. The zero-order valence-corrected chi connectivity index (χ0v) is 16.1. The summed E-state index contributed by atoms with van der Waals surface area (Å²) in [5, 5.41) is 1.39. The quantitative estimate of drug-likeness (QED) is 0.546. The lowest BCUT2D eigenvalue weighted by Gasteiger charge is -2.27. The number of aromatic nitrogens is 2. The zero-order valence-electron chi connectivity index (χ0n) is 15.3. The number of aryl methyl sites for hydroxylation is 1. The van der Waals surface area contributed by atoms with E-state index >= 15 is 0 Å². The third kappa shape index (κ3) is 2.87. The fourth-order valence-corrected chi connectivity index (χ4v) is 5.28. The van der Waals surface area contributed by atoms with Gasteiger partial charge in [0.15, 0.2) is 0 Å². The highest BCUT2D eigenvalue weighted by Crippen LogP contribution is 2.34. The van der Waals surface area contributed by atoms with Crippen molar-refractivity contribution in [2.75, 3.05) is 13.1 Å². The van der Waals surface area contributed by atoms with Gasteiger partial charge in [-0.2, -0.15) is 0 Å². The number of hydrogen-bond donors (Lipinski definition) is 0. The van der Waals surface area contributed by atoms with E-state index in [0.29, 0.717) is 0 Å². The van der Waals surface area contributed by atoms with Crippen LogP contribution in [0.5, 0.6) is 0 Å². The van der Waals surface area contributed by atoms with Crippen molar-refractivity contribution < 1.29 is 0 Å². The molecule has 3 aromatic heterocycles. The van der Waals surface area contributed by atoms with E-state index in [9.17, 15) is 4.79 Å². The normalized spacial score (nSPS) is 14.7. The van der Waals surface area contributed by atoms with Crippen LogP contribution in [0, 0.1) is 6.92 Å². The highest BCUT2D eigenvalue weighted by Gasteiger charge is 2.21. The second-order valence-electron chi connectivity index (χ2n) is 7.19. The molecule has 4 nitrogen and oxygen atoms in total. The highest BCUT2D eigenvalue weighted by atomic mass is 32.1. The molecule has 4 heterocycles. The molecular formula is C22H21N3OS. The van der Waals surface area contributed by atoms with Gasteiger partial charge < -0.3 is 0 Å². The fourth-order valence-electron chi connectivity index (χ4n) is 4.07. The van der Waals surface area contributed by atoms with Crippen LogP contribution >= 0.6 is 11.3 Å². The van der Waals surface area contributed by atoms with E-state index in [2.05, 4.69) is 34.1 Å². The molecule has 0 saturated heterocycles. The topological polar surface area (TPSA) is 37.6 Å². The first-order valence-corrected chi connectivity index (χ1v) is 10.2. The molecule has 0 atom stereocenters. The summed E-state index contributed by atoms with van der Waals surface area (Å²) >= 11 is 1.93. The Morgan fingerprint density at radius 3 is 2.93 bits per heavy atom. The summed E-state index contributed by atoms with van der Waals surface area (Å²) in [7, 11) is 0. The van der Waals surface area contributed by atoms with E-state index in [4.69, 9.17) is 0 Å². The molecule has 0 spiro atoms. The molecular weight excluding hydrogens is 354 g/mol. The van der Waals surface area contributed by atoms with Gasteiger partial charge in [-0.15, -0.1) is 11.3 Å². The lowest BCUT2D eigenvalue weighted by atomic mass is 10.0. The van der Waals surface area contributed by atoms with Crippen LogP contribution in [0.25, 0.3) is 15.7 Å². The molecule has 0 saturated carbocycles. The Hall–Kier alpha value is -2.50. The van der Waals surface area contributed by atoms with Crippen molar-refractivity contribution in [2.24, 2.45) is 0 Å². The lowest BCUT2D eigenvalue weighted by Crippen LogP contribution is -2.33. The second kappa shape index (κ2) is 6.59. The first-order chi connectivity index (χ1) is 13.2. The zero-order chi connectivity index (χ0) is 18.4. The predicted octanol–water partition coefficient (Wildman–Crippen LogP) is 3.82. The number of nitrogens with zero attached hydrogens (tertiary/aromatic N) is 3. The van der Waals surface area contributed by atoms with Gasteiger partial charge in [0.2, 0.25) is 0 Å². The van der Waals surface area contributed by atoms with Crippen LogP contribution < -0.4 is 5.56 Å². The Morgan fingerprint density at radius 2 is 2.00 bits per heavy atom. The van der Waals surface area contributed by atoms with Crippen LogP contribution in [0.4, 0.5) is 0 Å². The lowest BCUT2D eigenvalue weighted by molar-refractivity contribution is 0.260. The van der Waals surface area contributed by atoms with Gasteiger partial charge in [0, 0.05) is 46.7 Å². The maximum atomic E-state index is 12.9. The minimum atomic E-state index is 0.0665. The molecule has 1 aromatic carbocycles. The van der Waals surface area contributed by atoms with Crippen LogP contribution in [-0.2, 0) is 19.4 Å². The smallest absolute Gasteiger partial charge is 0.261 e. The molecule has 5 rings (SSSR count). The molecule has 1 aliphatic heterocycles. The second-order valence-corrected chi connectivity index (χ2v) is 8.32. The van der Waals surface area contributed by atoms with E-state index in [-0.39, 0.29) is 5.56 Å². The number of hydrogen-bond acceptors (Lipinski definition) is 4. The Labute approximate surface area is 161 Å². The van der Waals surface area contributed by atoms with Gasteiger partial charge in [-0.3, -0.25) is 14.1 Å². The van der Waals surface area contributed by atoms with Crippen molar-refractivity contribution in [1.29, 1.82) is 0 Å². The summed E-state index contributed by atoms with van der Waals surface area (Å²) < 4.78 is 3.04. The molecule has 5 heteroatoms. The monoisotopic (exact) mass is 375 g/mol. The van der Waals surface area contributed by atoms with Crippen LogP contribution in [0.3, 0.4) is 0 Å². The van der Waals surface area contributed by atoms with Crippen LogP contribution in [0.1, 0.15) is 21.7 Å². The molecule has 0 amide bonds. The molecule has 0 N–H and O–H groups in total. The van der Waals surface area contributed by atoms with E-state index in [1.165, 1.54) is 20.5 Å². The molecule has 4 aromatic rings. The van der Waals surface area contributed by atoms with Gasteiger partial charge in [-0.1, -0.05) is 24.3 Å². The third-order valence-corrected chi connectivity index (χ3v) is 6.80. The summed E-state index contributed by atoms with van der Waals surface area (Å²) in [4.78, 5) is 21.5. The fraction of sp³-hybridized carbons (Fsp3) is 0.273. The summed E-state index contributed by atoms with van der Waals surface area (Å²) in [6, 6.07) is 14.4. The maximum absolute atomic E-state index is 12.9. The maximum Gasteiger partial charge on any atom is 0.261 e. The van der Waals surface area contributed by atoms with Gasteiger partial charge in [-0.05, 0) is 48.9 Å². The Bertz CT molecular complexity index is 1210. The average molecular weight is 375 g/mol. The molecule has 0 aliphatic carbocycles. The largest absolute Gasteiger partial charge is 0.298 e. The summed E-state index contributed by atoms with van der Waals surface area (Å²) in [5.74, 6) is 0. The minimum Gasteiger partial charge on any atom is -0.298 e.